The van der Waals surface area contributed by atoms with E-state index in [0.29, 0.717) is 5.56 Å². The first kappa shape index (κ1) is 12.8. The molecule has 1 heterocycles. The number of amides is 1. The minimum Gasteiger partial charge on any atom is -0.477 e. The average molecular weight is 256 g/mol. The Morgan fingerprint density at radius 2 is 1.79 bits per heavy atom. The molecule has 96 valence electrons. The molecule has 19 heavy (non-hydrogen) atoms. The van der Waals surface area contributed by atoms with E-state index in [1.165, 1.54) is 23.2 Å². The molecule has 0 radical (unpaired) electrons. The Morgan fingerprint density at radius 3 is 2.32 bits per heavy atom. The van der Waals surface area contributed by atoms with Crippen LogP contribution in [0.25, 0.3) is 0 Å². The Labute approximate surface area is 110 Å². The first-order valence-corrected chi connectivity index (χ1v) is 5.62. The lowest BCUT2D eigenvalue weighted by atomic mass is 10.2. The second-order valence-electron chi connectivity index (χ2n) is 3.94. The predicted octanol–water partition coefficient (Wildman–Crippen LogP) is 2.06. The van der Waals surface area contributed by atoms with E-state index in [0.717, 1.165) is 5.69 Å². The maximum Gasteiger partial charge on any atom is 0.354 e. The Bertz CT molecular complexity index is 594. The minimum absolute atomic E-state index is 0.0843. The van der Waals surface area contributed by atoms with Crippen LogP contribution in [0.5, 0.6) is 0 Å². The van der Waals surface area contributed by atoms with Gasteiger partial charge < -0.3 is 10.0 Å². The summed E-state index contributed by atoms with van der Waals surface area (Å²) in [5, 5.41) is 8.74. The van der Waals surface area contributed by atoms with Crippen molar-refractivity contribution in [2.75, 3.05) is 11.9 Å². The van der Waals surface area contributed by atoms with E-state index in [1.54, 1.807) is 7.05 Å². The normalized spacial score (nSPS) is 9.95. The van der Waals surface area contributed by atoms with Gasteiger partial charge in [0.1, 0.15) is 5.69 Å². The van der Waals surface area contributed by atoms with Gasteiger partial charge in [0.2, 0.25) is 0 Å². The van der Waals surface area contributed by atoms with Gasteiger partial charge in [-0.05, 0) is 24.3 Å². The number of benzene rings is 1. The van der Waals surface area contributed by atoms with Gasteiger partial charge in [0, 0.05) is 18.9 Å². The SMILES string of the molecule is CN(C(=O)c1ccc(C(=O)O)nc1)c1ccccc1. The van der Waals surface area contributed by atoms with Crippen molar-refractivity contribution < 1.29 is 14.7 Å². The summed E-state index contributed by atoms with van der Waals surface area (Å²) in [6.07, 6.45) is 1.27. The standard InChI is InChI=1S/C14H12N2O3/c1-16(11-5-3-2-4-6-11)13(17)10-7-8-12(14(18)19)15-9-10/h2-9H,1H3,(H,18,19). The highest BCUT2D eigenvalue weighted by Gasteiger charge is 2.14. The van der Waals surface area contributed by atoms with Crippen LogP contribution in [-0.4, -0.2) is 29.0 Å². The number of aromatic carboxylic acids is 1. The Kier molecular flexibility index (Phi) is 3.56. The molecule has 0 aliphatic carbocycles. The third-order valence-corrected chi connectivity index (χ3v) is 2.68. The fourth-order valence-corrected chi connectivity index (χ4v) is 1.61. The van der Waals surface area contributed by atoms with Gasteiger partial charge in [-0.1, -0.05) is 18.2 Å². The number of rotatable bonds is 3. The monoisotopic (exact) mass is 256 g/mol. The third-order valence-electron chi connectivity index (χ3n) is 2.68. The fourth-order valence-electron chi connectivity index (χ4n) is 1.61. The van der Waals surface area contributed by atoms with Gasteiger partial charge in [0.15, 0.2) is 0 Å². The third kappa shape index (κ3) is 2.77. The zero-order valence-electron chi connectivity index (χ0n) is 10.3. The average Bonchev–Trinajstić information content (AvgIpc) is 2.46. The molecule has 0 aliphatic heterocycles. The van der Waals surface area contributed by atoms with E-state index in [1.807, 2.05) is 30.3 Å². The van der Waals surface area contributed by atoms with Crippen LogP contribution in [0.15, 0.2) is 48.7 Å². The van der Waals surface area contributed by atoms with Crippen molar-refractivity contribution in [1.82, 2.24) is 4.98 Å². The van der Waals surface area contributed by atoms with Crippen molar-refractivity contribution in [2.45, 2.75) is 0 Å². The molecule has 1 aromatic carbocycles. The summed E-state index contributed by atoms with van der Waals surface area (Å²) in [5.41, 5.74) is 1.02. The predicted molar refractivity (Wildman–Crippen MR) is 70.4 cm³/mol. The molecule has 0 saturated carbocycles. The second-order valence-corrected chi connectivity index (χ2v) is 3.94. The maximum absolute atomic E-state index is 12.2. The van der Waals surface area contributed by atoms with Crippen molar-refractivity contribution >= 4 is 17.6 Å². The summed E-state index contributed by atoms with van der Waals surface area (Å²) in [7, 11) is 1.66. The van der Waals surface area contributed by atoms with Crippen molar-refractivity contribution in [1.29, 1.82) is 0 Å². The number of para-hydroxylation sites is 1. The van der Waals surface area contributed by atoms with Crippen LogP contribution in [0.4, 0.5) is 5.69 Å². The van der Waals surface area contributed by atoms with Gasteiger partial charge in [-0.15, -0.1) is 0 Å². The molecule has 0 unspecified atom stereocenters. The smallest absolute Gasteiger partial charge is 0.354 e. The zero-order valence-corrected chi connectivity index (χ0v) is 10.3. The summed E-state index contributed by atoms with van der Waals surface area (Å²) in [6, 6.07) is 11.9. The largest absolute Gasteiger partial charge is 0.477 e. The maximum atomic E-state index is 12.2. The molecule has 2 rings (SSSR count). The Balaban J connectivity index is 2.22. The fraction of sp³-hybridized carbons (Fsp3) is 0.0714. The van der Waals surface area contributed by atoms with E-state index >= 15 is 0 Å². The zero-order chi connectivity index (χ0) is 13.8. The van der Waals surface area contributed by atoms with Gasteiger partial charge in [0.25, 0.3) is 5.91 Å². The Hall–Kier alpha value is -2.69. The molecule has 5 nitrogen and oxygen atoms in total. The van der Waals surface area contributed by atoms with Crippen LogP contribution >= 0.6 is 0 Å². The highest BCUT2D eigenvalue weighted by atomic mass is 16.4. The van der Waals surface area contributed by atoms with Gasteiger partial charge in [0.05, 0.1) is 5.56 Å². The molecule has 1 N–H and O–H groups in total. The van der Waals surface area contributed by atoms with Gasteiger partial charge in [-0.25, -0.2) is 9.78 Å². The van der Waals surface area contributed by atoms with Gasteiger partial charge in [-0.2, -0.15) is 0 Å². The van der Waals surface area contributed by atoms with Crippen LogP contribution in [0, 0.1) is 0 Å². The molecule has 5 heteroatoms. The van der Waals surface area contributed by atoms with E-state index in [9.17, 15) is 9.59 Å². The summed E-state index contributed by atoms with van der Waals surface area (Å²) < 4.78 is 0. The molecule has 0 aliphatic rings. The number of carboxylic acids is 1. The lowest BCUT2D eigenvalue weighted by Gasteiger charge is -2.17. The molecular weight excluding hydrogens is 244 g/mol. The first-order valence-electron chi connectivity index (χ1n) is 5.62. The van der Waals surface area contributed by atoms with Gasteiger partial charge >= 0.3 is 5.97 Å². The lowest BCUT2D eigenvalue weighted by molar-refractivity contribution is 0.0690. The highest BCUT2D eigenvalue weighted by molar-refractivity contribution is 6.05. The number of anilines is 1. The number of carbonyl (C=O) groups is 2. The van der Waals surface area contributed by atoms with Crippen LogP contribution in [0.3, 0.4) is 0 Å². The Morgan fingerprint density at radius 1 is 1.11 bits per heavy atom. The summed E-state index contributed by atoms with van der Waals surface area (Å²) >= 11 is 0. The quantitative estimate of drug-likeness (QED) is 0.912. The molecule has 2 aromatic rings. The molecular formula is C14H12N2O3. The van der Waals surface area contributed by atoms with Crippen molar-refractivity contribution in [3.8, 4) is 0 Å². The van der Waals surface area contributed by atoms with Crippen molar-refractivity contribution in [2.24, 2.45) is 0 Å². The highest BCUT2D eigenvalue weighted by Crippen LogP contribution is 2.14. The van der Waals surface area contributed by atoms with Crippen LogP contribution < -0.4 is 4.90 Å². The summed E-state index contributed by atoms with van der Waals surface area (Å²) in [5.74, 6) is -1.36. The van der Waals surface area contributed by atoms with Crippen LogP contribution in [0.1, 0.15) is 20.8 Å². The molecule has 0 fully saturated rings. The van der Waals surface area contributed by atoms with Crippen LogP contribution in [0.2, 0.25) is 0 Å². The molecule has 0 bridgehead atoms. The van der Waals surface area contributed by atoms with E-state index in [4.69, 9.17) is 5.11 Å². The number of hydrogen-bond donors (Lipinski definition) is 1. The topological polar surface area (TPSA) is 70.5 Å². The van der Waals surface area contributed by atoms with Crippen LogP contribution in [-0.2, 0) is 0 Å². The first-order chi connectivity index (χ1) is 9.09. The summed E-state index contributed by atoms with van der Waals surface area (Å²) in [4.78, 5) is 28.1. The van der Waals surface area contributed by atoms with Crippen molar-refractivity contribution in [3.63, 3.8) is 0 Å². The lowest BCUT2D eigenvalue weighted by Crippen LogP contribution is -2.26. The molecule has 1 aromatic heterocycles. The van der Waals surface area contributed by atoms with E-state index < -0.39 is 5.97 Å². The number of carbonyl (C=O) groups excluding carboxylic acids is 1. The number of hydrogen-bond acceptors (Lipinski definition) is 3. The minimum atomic E-state index is -1.12. The molecule has 1 amide bonds. The molecule has 0 atom stereocenters. The molecule has 0 saturated heterocycles. The van der Waals surface area contributed by atoms with E-state index in [-0.39, 0.29) is 11.6 Å². The number of aromatic nitrogens is 1. The number of nitrogens with zero attached hydrogens (tertiary/aromatic N) is 2. The van der Waals surface area contributed by atoms with Gasteiger partial charge in [-0.3, -0.25) is 4.79 Å². The second kappa shape index (κ2) is 5.30. The van der Waals surface area contributed by atoms with Crippen molar-refractivity contribution in [3.05, 3.63) is 59.9 Å². The number of pyridine rings is 1. The summed E-state index contributed by atoms with van der Waals surface area (Å²) in [6.45, 7) is 0. The van der Waals surface area contributed by atoms with E-state index in [2.05, 4.69) is 4.98 Å². The molecule has 0 spiro atoms. The number of carboxylic acid groups (broad SMARTS) is 1.